The normalized spacial score (nSPS) is 10.7. The van der Waals surface area contributed by atoms with E-state index in [1.165, 1.54) is 11.1 Å². The molecule has 3 heteroatoms. The lowest BCUT2D eigenvalue weighted by Gasteiger charge is -2.14. The van der Waals surface area contributed by atoms with Gasteiger partial charge in [0.2, 0.25) is 0 Å². The second-order valence-corrected chi connectivity index (χ2v) is 3.91. The molecule has 0 aliphatic rings. The summed E-state index contributed by atoms with van der Waals surface area (Å²) in [5.74, 6) is 6.08. The third-order valence-electron chi connectivity index (χ3n) is 2.76. The highest BCUT2D eigenvalue weighted by molar-refractivity contribution is 5.94. The van der Waals surface area contributed by atoms with Gasteiger partial charge in [0.15, 0.2) is 5.96 Å². The van der Waals surface area contributed by atoms with Gasteiger partial charge < -0.3 is 11.1 Å². The van der Waals surface area contributed by atoms with E-state index in [1.807, 2.05) is 0 Å². The molecule has 0 aromatic heterocycles. The molecule has 0 unspecified atom stereocenters. The summed E-state index contributed by atoms with van der Waals surface area (Å²) in [5.41, 5.74) is 9.47. The summed E-state index contributed by atoms with van der Waals surface area (Å²) >= 11 is 0. The van der Waals surface area contributed by atoms with Crippen molar-refractivity contribution in [1.82, 2.24) is 0 Å². The van der Waals surface area contributed by atoms with Crippen molar-refractivity contribution >= 4 is 11.6 Å². The van der Waals surface area contributed by atoms with Crippen LogP contribution in [-0.2, 0) is 12.8 Å². The zero-order chi connectivity index (χ0) is 13.4. The zero-order valence-corrected chi connectivity index (χ0v) is 11.4. The Morgan fingerprint density at radius 3 is 2.39 bits per heavy atom. The van der Waals surface area contributed by atoms with Gasteiger partial charge in [-0.15, -0.1) is 5.92 Å². The Balaban J connectivity index is 2.93. The van der Waals surface area contributed by atoms with Crippen molar-refractivity contribution in [3.63, 3.8) is 0 Å². The molecule has 0 radical (unpaired) electrons. The number of guanidine groups is 1. The molecule has 0 fully saturated rings. The number of nitrogens with zero attached hydrogens (tertiary/aromatic N) is 1. The second-order valence-electron chi connectivity index (χ2n) is 3.91. The van der Waals surface area contributed by atoms with Crippen molar-refractivity contribution in [1.29, 1.82) is 0 Å². The van der Waals surface area contributed by atoms with Crippen molar-refractivity contribution in [3.8, 4) is 11.8 Å². The first-order chi connectivity index (χ1) is 8.72. The Labute approximate surface area is 110 Å². The highest BCUT2D eigenvalue weighted by Crippen LogP contribution is 2.22. The predicted octanol–water partition coefficient (Wildman–Crippen LogP) is 2.56. The van der Waals surface area contributed by atoms with Gasteiger partial charge >= 0.3 is 0 Å². The van der Waals surface area contributed by atoms with Crippen LogP contribution in [0.3, 0.4) is 0 Å². The van der Waals surface area contributed by atoms with Crippen LogP contribution in [0.15, 0.2) is 23.2 Å². The molecule has 0 saturated heterocycles. The summed E-state index contributed by atoms with van der Waals surface area (Å²) in [6.45, 7) is 6.50. The van der Waals surface area contributed by atoms with E-state index in [0.29, 0.717) is 12.5 Å². The van der Waals surface area contributed by atoms with Crippen molar-refractivity contribution in [2.75, 3.05) is 11.9 Å². The lowest BCUT2D eigenvalue weighted by Crippen LogP contribution is -2.24. The minimum absolute atomic E-state index is 0.424. The van der Waals surface area contributed by atoms with E-state index in [2.05, 4.69) is 54.2 Å². The Hall–Kier alpha value is -1.95. The van der Waals surface area contributed by atoms with Gasteiger partial charge in [-0.2, -0.15) is 0 Å². The van der Waals surface area contributed by atoms with Crippen LogP contribution >= 0.6 is 0 Å². The maximum absolute atomic E-state index is 5.86. The highest BCUT2D eigenvalue weighted by atomic mass is 15.1. The molecule has 0 atom stereocenters. The first kappa shape index (κ1) is 14.1. The highest BCUT2D eigenvalue weighted by Gasteiger charge is 2.06. The first-order valence-corrected chi connectivity index (χ1v) is 6.30. The van der Waals surface area contributed by atoms with Gasteiger partial charge in [-0.1, -0.05) is 38.0 Å². The third-order valence-corrected chi connectivity index (χ3v) is 2.76. The number of anilines is 1. The van der Waals surface area contributed by atoms with Crippen LogP contribution in [-0.4, -0.2) is 12.5 Å². The lowest BCUT2D eigenvalue weighted by atomic mass is 10.0. The van der Waals surface area contributed by atoms with E-state index in [-0.39, 0.29) is 0 Å². The number of hydrogen-bond donors (Lipinski definition) is 2. The number of hydrogen-bond acceptors (Lipinski definition) is 1. The van der Waals surface area contributed by atoms with Crippen LogP contribution in [0.25, 0.3) is 0 Å². The van der Waals surface area contributed by atoms with Gasteiger partial charge in [-0.25, -0.2) is 4.99 Å². The van der Waals surface area contributed by atoms with Crippen LogP contribution < -0.4 is 11.1 Å². The van der Waals surface area contributed by atoms with Crippen LogP contribution in [0.2, 0.25) is 0 Å². The molecule has 0 aliphatic carbocycles. The van der Waals surface area contributed by atoms with E-state index >= 15 is 0 Å². The maximum Gasteiger partial charge on any atom is 0.194 e. The summed E-state index contributed by atoms with van der Waals surface area (Å²) < 4.78 is 0. The van der Waals surface area contributed by atoms with Gasteiger partial charge in [0, 0.05) is 5.69 Å². The molecule has 0 saturated carbocycles. The molecule has 1 aromatic rings. The average molecular weight is 243 g/mol. The number of benzene rings is 1. The molecule has 1 aromatic carbocycles. The number of para-hydroxylation sites is 1. The van der Waals surface area contributed by atoms with Crippen molar-refractivity contribution in [2.45, 2.75) is 33.6 Å². The summed E-state index contributed by atoms with van der Waals surface area (Å²) in [6.07, 6.45) is 1.94. The molecule has 0 amide bonds. The average Bonchev–Trinajstić information content (AvgIpc) is 2.39. The SMILES string of the molecule is CC#CCN=C(N)Nc1c(CC)cccc1CC. The fourth-order valence-electron chi connectivity index (χ4n) is 1.77. The standard InChI is InChI=1S/C15H21N3/c1-4-7-11-17-15(16)18-14-12(5-2)9-8-10-13(14)6-3/h8-10H,5-6,11H2,1-3H3,(H3,16,17,18). The minimum Gasteiger partial charge on any atom is -0.370 e. The van der Waals surface area contributed by atoms with Crippen LogP contribution in [0, 0.1) is 11.8 Å². The molecule has 0 heterocycles. The molecule has 18 heavy (non-hydrogen) atoms. The quantitative estimate of drug-likeness (QED) is 0.485. The Kier molecular flexibility index (Phi) is 5.79. The number of nitrogens with one attached hydrogen (secondary N) is 1. The van der Waals surface area contributed by atoms with Gasteiger partial charge in [0.25, 0.3) is 0 Å². The van der Waals surface area contributed by atoms with E-state index in [0.717, 1.165) is 18.5 Å². The van der Waals surface area contributed by atoms with E-state index in [1.54, 1.807) is 6.92 Å². The van der Waals surface area contributed by atoms with Crippen LogP contribution in [0.5, 0.6) is 0 Å². The van der Waals surface area contributed by atoms with Gasteiger partial charge in [0.05, 0.1) is 0 Å². The van der Waals surface area contributed by atoms with Crippen molar-refractivity contribution < 1.29 is 0 Å². The summed E-state index contributed by atoms with van der Waals surface area (Å²) in [6, 6.07) is 6.31. The van der Waals surface area contributed by atoms with Crippen LogP contribution in [0.4, 0.5) is 5.69 Å². The molecule has 0 spiro atoms. The van der Waals surface area contributed by atoms with Crippen molar-refractivity contribution in [2.24, 2.45) is 10.7 Å². The second kappa shape index (κ2) is 7.39. The molecule has 0 aliphatic heterocycles. The van der Waals surface area contributed by atoms with Crippen molar-refractivity contribution in [3.05, 3.63) is 29.3 Å². The third kappa shape index (κ3) is 3.81. The maximum atomic E-state index is 5.86. The monoisotopic (exact) mass is 243 g/mol. The predicted molar refractivity (Wildman–Crippen MR) is 78.8 cm³/mol. The molecule has 3 N–H and O–H groups in total. The molecule has 1 rings (SSSR count). The zero-order valence-electron chi connectivity index (χ0n) is 11.4. The first-order valence-electron chi connectivity index (χ1n) is 6.30. The minimum atomic E-state index is 0.424. The van der Waals surface area contributed by atoms with Crippen LogP contribution in [0.1, 0.15) is 31.9 Å². The largest absolute Gasteiger partial charge is 0.370 e. The van der Waals surface area contributed by atoms with Gasteiger partial charge in [-0.3, -0.25) is 0 Å². The molecular weight excluding hydrogens is 222 g/mol. The fraction of sp³-hybridized carbons (Fsp3) is 0.400. The fourth-order valence-corrected chi connectivity index (χ4v) is 1.77. The Morgan fingerprint density at radius 1 is 1.28 bits per heavy atom. The van der Waals surface area contributed by atoms with Gasteiger partial charge in [-0.05, 0) is 30.9 Å². The number of aliphatic imine (C=N–C) groups is 1. The molecule has 3 nitrogen and oxygen atoms in total. The molecule has 96 valence electrons. The number of nitrogens with two attached hydrogens (primary N) is 1. The van der Waals surface area contributed by atoms with E-state index in [4.69, 9.17) is 5.73 Å². The Morgan fingerprint density at radius 2 is 1.89 bits per heavy atom. The summed E-state index contributed by atoms with van der Waals surface area (Å²) in [7, 11) is 0. The van der Waals surface area contributed by atoms with Gasteiger partial charge in [0.1, 0.15) is 6.54 Å². The topological polar surface area (TPSA) is 50.4 Å². The summed E-state index contributed by atoms with van der Waals surface area (Å²) in [4.78, 5) is 4.17. The number of aryl methyl sites for hydroxylation is 2. The van der Waals surface area contributed by atoms with E-state index in [9.17, 15) is 0 Å². The Bertz CT molecular complexity index is 456. The summed E-state index contributed by atoms with van der Waals surface area (Å²) in [5, 5.41) is 3.20. The smallest absolute Gasteiger partial charge is 0.194 e. The molecule has 0 bridgehead atoms. The lowest BCUT2D eigenvalue weighted by molar-refractivity contribution is 1.09. The molecular formula is C15H21N3. The number of rotatable bonds is 4. The van der Waals surface area contributed by atoms with E-state index < -0.39 is 0 Å².